The average Bonchev–Trinajstić information content (AvgIpc) is 3.99. The lowest BCUT2D eigenvalue weighted by molar-refractivity contribution is 0.620. The lowest BCUT2D eigenvalue weighted by Gasteiger charge is -2.10. The summed E-state index contributed by atoms with van der Waals surface area (Å²) in [6, 6.07) is 67.0. The Morgan fingerprint density at radius 3 is 1.46 bits per heavy atom. The van der Waals surface area contributed by atoms with E-state index in [9.17, 15) is 0 Å². The van der Waals surface area contributed by atoms with Crippen LogP contribution in [0.5, 0.6) is 0 Å². The molecule has 0 saturated carbocycles. The van der Waals surface area contributed by atoms with Gasteiger partial charge in [-0.05, 0) is 72.8 Å². The molecule has 0 aliphatic rings. The first-order valence-electron chi connectivity index (χ1n) is 19.6. The van der Waals surface area contributed by atoms with Crippen molar-refractivity contribution in [3.8, 4) is 57.0 Å². The van der Waals surface area contributed by atoms with Crippen LogP contribution in [0, 0.1) is 0 Å². The first-order chi connectivity index (χ1) is 29.2. The molecule has 59 heavy (non-hydrogen) atoms. The maximum atomic E-state index is 6.46. The number of rotatable bonds is 6. The number of oxazole rings is 1. The maximum absolute atomic E-state index is 6.46. The molecule has 0 atom stereocenters. The summed E-state index contributed by atoms with van der Waals surface area (Å²) >= 11 is 0. The van der Waals surface area contributed by atoms with E-state index in [-0.39, 0.29) is 0 Å². The Kier molecular flexibility index (Phi) is 7.40. The van der Waals surface area contributed by atoms with Gasteiger partial charge in [-0.1, -0.05) is 121 Å². The van der Waals surface area contributed by atoms with E-state index in [4.69, 9.17) is 24.4 Å². The molecule has 8 aromatic carbocycles. The summed E-state index contributed by atoms with van der Waals surface area (Å²) in [5.41, 5.74) is 11.7. The Hall–Kier alpha value is -8.16. The van der Waals surface area contributed by atoms with Crippen LogP contribution in [-0.2, 0) is 0 Å². The second-order valence-corrected chi connectivity index (χ2v) is 14.7. The Balaban J connectivity index is 0.989. The average molecular weight is 757 g/mol. The largest absolute Gasteiger partial charge is 0.436 e. The molecule has 0 aliphatic carbocycles. The molecule has 12 rings (SSSR count). The van der Waals surface area contributed by atoms with Crippen molar-refractivity contribution in [2.24, 2.45) is 0 Å². The molecule has 0 saturated heterocycles. The van der Waals surface area contributed by atoms with Crippen LogP contribution in [0.2, 0.25) is 0 Å². The van der Waals surface area contributed by atoms with Crippen molar-refractivity contribution < 1.29 is 4.42 Å². The Morgan fingerprint density at radius 1 is 0.322 bits per heavy atom. The maximum Gasteiger partial charge on any atom is 0.227 e. The summed E-state index contributed by atoms with van der Waals surface area (Å²) in [7, 11) is 0. The molecule has 4 aromatic heterocycles. The van der Waals surface area contributed by atoms with Crippen molar-refractivity contribution >= 4 is 54.7 Å². The van der Waals surface area contributed by atoms with E-state index in [2.05, 4.69) is 124 Å². The van der Waals surface area contributed by atoms with Crippen molar-refractivity contribution in [3.63, 3.8) is 0 Å². The van der Waals surface area contributed by atoms with Gasteiger partial charge in [-0.25, -0.2) is 19.9 Å². The van der Waals surface area contributed by atoms with Crippen LogP contribution in [-0.4, -0.2) is 29.1 Å². The Labute approximate surface area is 338 Å². The van der Waals surface area contributed by atoms with Gasteiger partial charge in [0.05, 0.1) is 22.1 Å². The molecule has 0 fully saturated rings. The minimum Gasteiger partial charge on any atom is -0.436 e. The van der Waals surface area contributed by atoms with E-state index in [1.165, 1.54) is 27.1 Å². The third-order valence-corrected chi connectivity index (χ3v) is 11.2. The van der Waals surface area contributed by atoms with Crippen molar-refractivity contribution in [3.05, 3.63) is 194 Å². The van der Waals surface area contributed by atoms with Crippen molar-refractivity contribution in [2.45, 2.75) is 0 Å². The third-order valence-electron chi connectivity index (χ3n) is 11.2. The predicted molar refractivity (Wildman–Crippen MR) is 238 cm³/mol. The number of hydrogen-bond donors (Lipinski definition) is 0. The van der Waals surface area contributed by atoms with Crippen molar-refractivity contribution in [1.82, 2.24) is 29.1 Å². The third kappa shape index (κ3) is 5.44. The lowest BCUT2D eigenvalue weighted by atomic mass is 10.1. The van der Waals surface area contributed by atoms with Gasteiger partial charge >= 0.3 is 0 Å². The molecule has 0 spiro atoms. The highest BCUT2D eigenvalue weighted by Crippen LogP contribution is 2.40. The fourth-order valence-corrected chi connectivity index (χ4v) is 8.47. The molecule has 7 nitrogen and oxygen atoms in total. The first-order valence-corrected chi connectivity index (χ1v) is 19.6. The van der Waals surface area contributed by atoms with Crippen LogP contribution < -0.4 is 0 Å². The van der Waals surface area contributed by atoms with Crippen LogP contribution in [0.25, 0.3) is 112 Å². The molecule has 4 heterocycles. The number of para-hydroxylation sites is 3. The molecular formula is C52H32N6O. The number of fused-ring (bicyclic) bond motifs is 7. The van der Waals surface area contributed by atoms with E-state index < -0.39 is 0 Å². The van der Waals surface area contributed by atoms with Gasteiger partial charge in [-0.2, -0.15) is 0 Å². The van der Waals surface area contributed by atoms with E-state index in [0.29, 0.717) is 28.9 Å². The quantitative estimate of drug-likeness (QED) is 0.169. The molecule has 0 radical (unpaired) electrons. The van der Waals surface area contributed by atoms with Crippen LogP contribution in [0.1, 0.15) is 0 Å². The Morgan fingerprint density at radius 2 is 0.831 bits per heavy atom. The fraction of sp³-hybridized carbons (Fsp3) is 0. The van der Waals surface area contributed by atoms with Crippen LogP contribution in [0.3, 0.4) is 0 Å². The summed E-state index contributed by atoms with van der Waals surface area (Å²) in [5.74, 6) is 2.33. The minimum absolute atomic E-state index is 0.539. The second kappa shape index (κ2) is 13.2. The van der Waals surface area contributed by atoms with E-state index >= 15 is 0 Å². The van der Waals surface area contributed by atoms with Crippen LogP contribution in [0.15, 0.2) is 199 Å². The highest BCUT2D eigenvalue weighted by Gasteiger charge is 2.20. The Bertz CT molecular complexity index is 3490. The summed E-state index contributed by atoms with van der Waals surface area (Å²) in [4.78, 5) is 19.8. The van der Waals surface area contributed by atoms with E-state index in [1.54, 1.807) is 0 Å². The summed E-state index contributed by atoms with van der Waals surface area (Å²) in [5, 5.41) is 4.86. The number of benzene rings is 8. The van der Waals surface area contributed by atoms with Gasteiger partial charge in [0.15, 0.2) is 23.1 Å². The molecule has 0 N–H and O–H groups in total. The van der Waals surface area contributed by atoms with Gasteiger partial charge in [0, 0.05) is 55.2 Å². The summed E-state index contributed by atoms with van der Waals surface area (Å²) < 4.78 is 11.2. The number of aromatic nitrogens is 6. The first kappa shape index (κ1) is 33.0. The highest BCUT2D eigenvalue weighted by atomic mass is 16.3. The van der Waals surface area contributed by atoms with Crippen LogP contribution >= 0.6 is 0 Å². The number of nitrogens with zero attached hydrogens (tertiary/aromatic N) is 6. The van der Waals surface area contributed by atoms with Gasteiger partial charge in [-0.3, -0.25) is 0 Å². The molecule has 12 aromatic rings. The van der Waals surface area contributed by atoms with E-state index in [1.807, 2.05) is 78.9 Å². The zero-order valence-corrected chi connectivity index (χ0v) is 31.6. The fourth-order valence-electron chi connectivity index (χ4n) is 8.47. The highest BCUT2D eigenvalue weighted by molar-refractivity contribution is 6.19. The minimum atomic E-state index is 0.539. The topological polar surface area (TPSA) is 74.6 Å². The summed E-state index contributed by atoms with van der Waals surface area (Å²) in [6.45, 7) is 0. The van der Waals surface area contributed by atoms with Gasteiger partial charge in [0.1, 0.15) is 5.52 Å². The van der Waals surface area contributed by atoms with Gasteiger partial charge in [0.2, 0.25) is 5.89 Å². The summed E-state index contributed by atoms with van der Waals surface area (Å²) in [6.07, 6.45) is 0. The zero-order valence-electron chi connectivity index (χ0n) is 31.6. The van der Waals surface area contributed by atoms with Crippen molar-refractivity contribution in [1.29, 1.82) is 0 Å². The SMILES string of the molecule is c1ccc(-c2nc(-c3ccccc3)nc(-c3ccc4oc(-c5cccc(-n6c7ccccc7c7cc8c9ccccc9n(-c9ccccc9)c8cc76)c5)nc4c3)n2)cc1. The molecule has 0 bridgehead atoms. The second-order valence-electron chi connectivity index (χ2n) is 14.7. The predicted octanol–water partition coefficient (Wildman–Crippen LogP) is 12.9. The molecule has 0 amide bonds. The zero-order chi connectivity index (χ0) is 38.9. The lowest BCUT2D eigenvalue weighted by Crippen LogP contribution is -2.00. The standard InChI is InChI=1S/C52H32N6O/c1-4-15-33(16-5-1)49-54-50(34-17-6-2-7-18-34)56-51(55-49)35-27-28-48-43(30-35)53-52(59-48)36-19-14-22-38(29-36)58-45-26-13-11-24-40(45)42-31-41-39-23-10-12-25-44(39)57(46(41)32-47(42)58)37-20-8-3-9-21-37/h1-32H. The molecule has 276 valence electrons. The van der Waals surface area contributed by atoms with E-state index in [0.717, 1.165) is 55.7 Å². The van der Waals surface area contributed by atoms with Gasteiger partial charge in [-0.15, -0.1) is 0 Å². The molecule has 0 unspecified atom stereocenters. The number of hydrogen-bond acceptors (Lipinski definition) is 5. The molecule has 7 heteroatoms. The van der Waals surface area contributed by atoms with Crippen LogP contribution in [0.4, 0.5) is 0 Å². The van der Waals surface area contributed by atoms with Gasteiger partial charge in [0.25, 0.3) is 0 Å². The monoisotopic (exact) mass is 756 g/mol. The normalized spacial score (nSPS) is 11.7. The molecule has 0 aliphatic heterocycles. The molecular weight excluding hydrogens is 725 g/mol. The van der Waals surface area contributed by atoms with Gasteiger partial charge < -0.3 is 13.6 Å². The van der Waals surface area contributed by atoms with Crippen molar-refractivity contribution in [2.75, 3.05) is 0 Å². The smallest absolute Gasteiger partial charge is 0.227 e.